The molecule has 2 N–H and O–H groups in total. The monoisotopic (exact) mass is 306 g/mol. The first-order valence-corrected chi connectivity index (χ1v) is 6.21. The highest BCUT2D eigenvalue weighted by atomic mass is 35.5. The van der Waals surface area contributed by atoms with Crippen LogP contribution >= 0.6 is 11.6 Å². The Hall–Kier alpha value is -2.67. The SMILES string of the molecule is CN(C(=O)c1cc(N)ncc1Cl)c1ccc([N+](=O)[O-])cc1. The zero-order valence-electron chi connectivity index (χ0n) is 11.0. The lowest BCUT2D eigenvalue weighted by Crippen LogP contribution is -2.26. The van der Waals surface area contributed by atoms with Crippen LogP contribution in [0.2, 0.25) is 5.02 Å². The second kappa shape index (κ2) is 5.76. The third-order valence-electron chi connectivity index (χ3n) is 2.86. The molecular formula is C13H11ClN4O3. The standard InChI is InChI=1S/C13H11ClN4O3/c1-17(8-2-4-9(5-3-8)18(20)21)13(19)10-6-12(15)16-7-11(10)14/h2-7H,1H3,(H2,15,16). The molecule has 108 valence electrons. The molecule has 0 saturated heterocycles. The summed E-state index contributed by atoms with van der Waals surface area (Å²) in [6, 6.07) is 6.98. The maximum absolute atomic E-state index is 12.4. The van der Waals surface area contributed by atoms with Crippen LogP contribution in [0, 0.1) is 10.1 Å². The second-order valence-electron chi connectivity index (χ2n) is 4.23. The van der Waals surface area contributed by atoms with Gasteiger partial charge in [0.2, 0.25) is 0 Å². The van der Waals surface area contributed by atoms with Gasteiger partial charge >= 0.3 is 0 Å². The number of nitrogen functional groups attached to an aromatic ring is 1. The maximum Gasteiger partial charge on any atom is 0.269 e. The molecule has 2 aromatic rings. The van der Waals surface area contributed by atoms with Gasteiger partial charge in [0.1, 0.15) is 5.82 Å². The van der Waals surface area contributed by atoms with Crippen molar-refractivity contribution in [1.82, 2.24) is 4.98 Å². The van der Waals surface area contributed by atoms with E-state index in [1.165, 1.54) is 48.5 Å². The first-order valence-electron chi connectivity index (χ1n) is 5.83. The quantitative estimate of drug-likeness (QED) is 0.693. The summed E-state index contributed by atoms with van der Waals surface area (Å²) in [5.74, 6) is -0.206. The summed E-state index contributed by atoms with van der Waals surface area (Å²) >= 11 is 5.93. The molecule has 0 saturated carbocycles. The summed E-state index contributed by atoms with van der Waals surface area (Å²) in [5, 5.41) is 10.8. The summed E-state index contributed by atoms with van der Waals surface area (Å²) in [6.45, 7) is 0. The molecule has 0 unspecified atom stereocenters. The van der Waals surface area contributed by atoms with Gasteiger partial charge in [-0.3, -0.25) is 14.9 Å². The van der Waals surface area contributed by atoms with Gasteiger partial charge in [0.05, 0.1) is 15.5 Å². The van der Waals surface area contributed by atoms with E-state index in [1.54, 1.807) is 0 Å². The number of nitrogens with two attached hydrogens (primary N) is 1. The number of anilines is 2. The third-order valence-corrected chi connectivity index (χ3v) is 3.16. The number of amides is 1. The number of rotatable bonds is 3. The fourth-order valence-corrected chi connectivity index (χ4v) is 1.90. The van der Waals surface area contributed by atoms with Gasteiger partial charge < -0.3 is 10.6 Å². The smallest absolute Gasteiger partial charge is 0.269 e. The Morgan fingerprint density at radius 2 is 2.00 bits per heavy atom. The topological polar surface area (TPSA) is 102 Å². The molecule has 0 aliphatic heterocycles. The number of aromatic nitrogens is 1. The van der Waals surface area contributed by atoms with Crippen LogP contribution in [0.3, 0.4) is 0 Å². The Morgan fingerprint density at radius 1 is 1.38 bits per heavy atom. The number of pyridine rings is 1. The first-order chi connectivity index (χ1) is 9.90. The van der Waals surface area contributed by atoms with E-state index in [1.807, 2.05) is 0 Å². The van der Waals surface area contributed by atoms with Crippen LogP contribution in [-0.2, 0) is 0 Å². The van der Waals surface area contributed by atoms with Crippen LogP contribution in [-0.4, -0.2) is 22.9 Å². The zero-order chi connectivity index (χ0) is 15.6. The number of hydrogen-bond acceptors (Lipinski definition) is 5. The molecule has 7 nitrogen and oxygen atoms in total. The van der Waals surface area contributed by atoms with Gasteiger partial charge in [-0.2, -0.15) is 0 Å². The van der Waals surface area contributed by atoms with Gasteiger partial charge in [-0.05, 0) is 18.2 Å². The van der Waals surface area contributed by atoms with E-state index >= 15 is 0 Å². The van der Waals surface area contributed by atoms with Crippen LogP contribution in [0.15, 0.2) is 36.5 Å². The molecule has 21 heavy (non-hydrogen) atoms. The molecule has 8 heteroatoms. The predicted molar refractivity (Wildman–Crippen MR) is 79.5 cm³/mol. The van der Waals surface area contributed by atoms with Crippen LogP contribution in [0.5, 0.6) is 0 Å². The van der Waals surface area contributed by atoms with Gasteiger partial charge in [0.15, 0.2) is 0 Å². The Kier molecular flexibility index (Phi) is 4.04. The summed E-state index contributed by atoms with van der Waals surface area (Å²) < 4.78 is 0. The van der Waals surface area contributed by atoms with Crippen molar-refractivity contribution in [3.63, 3.8) is 0 Å². The lowest BCUT2D eigenvalue weighted by atomic mass is 10.2. The lowest BCUT2D eigenvalue weighted by molar-refractivity contribution is -0.384. The number of benzene rings is 1. The van der Waals surface area contributed by atoms with Crippen LogP contribution < -0.4 is 10.6 Å². The number of nitro groups is 1. The Morgan fingerprint density at radius 3 is 2.57 bits per heavy atom. The molecule has 0 bridgehead atoms. The van der Waals surface area contributed by atoms with Gasteiger partial charge in [-0.1, -0.05) is 11.6 Å². The van der Waals surface area contributed by atoms with Crippen LogP contribution in [0.4, 0.5) is 17.2 Å². The Bertz CT molecular complexity index is 703. The minimum atomic E-state index is -0.508. The molecule has 1 aromatic heterocycles. The van der Waals surface area contributed by atoms with Gasteiger partial charge in [0, 0.05) is 31.1 Å². The van der Waals surface area contributed by atoms with Crippen molar-refractivity contribution in [3.8, 4) is 0 Å². The number of hydrogen-bond donors (Lipinski definition) is 1. The number of halogens is 1. The van der Waals surface area contributed by atoms with Crippen molar-refractivity contribution >= 4 is 34.7 Å². The molecule has 1 aromatic carbocycles. The van der Waals surface area contributed by atoms with E-state index < -0.39 is 4.92 Å². The molecule has 0 radical (unpaired) electrons. The van der Waals surface area contributed by atoms with Crippen molar-refractivity contribution in [3.05, 3.63) is 57.2 Å². The first kappa shape index (κ1) is 14.7. The molecule has 1 amide bonds. The number of carbonyl (C=O) groups is 1. The molecule has 2 rings (SSSR count). The van der Waals surface area contributed by atoms with Crippen molar-refractivity contribution in [1.29, 1.82) is 0 Å². The number of non-ortho nitro benzene ring substituents is 1. The Balaban J connectivity index is 2.30. The highest BCUT2D eigenvalue weighted by molar-refractivity contribution is 6.34. The van der Waals surface area contributed by atoms with Crippen LogP contribution in [0.1, 0.15) is 10.4 Å². The fourth-order valence-electron chi connectivity index (χ4n) is 1.71. The normalized spacial score (nSPS) is 10.2. The van der Waals surface area contributed by atoms with Crippen molar-refractivity contribution < 1.29 is 9.72 Å². The Labute approximate surface area is 125 Å². The fraction of sp³-hybridized carbons (Fsp3) is 0.0769. The highest BCUT2D eigenvalue weighted by Crippen LogP contribution is 2.23. The van der Waals surface area contributed by atoms with E-state index in [-0.39, 0.29) is 28.0 Å². The van der Waals surface area contributed by atoms with E-state index in [9.17, 15) is 14.9 Å². The summed E-state index contributed by atoms with van der Waals surface area (Å²) in [7, 11) is 1.54. The summed E-state index contributed by atoms with van der Waals surface area (Å²) in [5.41, 5.74) is 6.20. The molecular weight excluding hydrogens is 296 g/mol. The molecule has 0 aliphatic carbocycles. The summed E-state index contributed by atoms with van der Waals surface area (Å²) in [4.78, 5) is 27.6. The maximum atomic E-state index is 12.4. The molecule has 0 spiro atoms. The second-order valence-corrected chi connectivity index (χ2v) is 4.63. The van der Waals surface area contributed by atoms with Crippen molar-refractivity contribution in [2.45, 2.75) is 0 Å². The average Bonchev–Trinajstić information content (AvgIpc) is 2.48. The van der Waals surface area contributed by atoms with Crippen LogP contribution in [0.25, 0.3) is 0 Å². The van der Waals surface area contributed by atoms with Crippen molar-refractivity contribution in [2.75, 3.05) is 17.7 Å². The number of carbonyl (C=O) groups excluding carboxylic acids is 1. The third kappa shape index (κ3) is 3.09. The number of nitrogens with zero attached hydrogens (tertiary/aromatic N) is 3. The minimum Gasteiger partial charge on any atom is -0.384 e. The van der Waals surface area contributed by atoms with Gasteiger partial charge in [-0.15, -0.1) is 0 Å². The van der Waals surface area contributed by atoms with Gasteiger partial charge in [0.25, 0.3) is 11.6 Å². The van der Waals surface area contributed by atoms with E-state index in [0.29, 0.717) is 5.69 Å². The predicted octanol–water partition coefficient (Wildman–Crippen LogP) is 2.50. The zero-order valence-corrected chi connectivity index (χ0v) is 11.7. The molecule has 1 heterocycles. The minimum absolute atomic E-state index is 0.0502. The summed E-state index contributed by atoms with van der Waals surface area (Å²) in [6.07, 6.45) is 1.30. The molecule has 0 atom stereocenters. The number of nitro benzene ring substituents is 1. The largest absolute Gasteiger partial charge is 0.384 e. The van der Waals surface area contributed by atoms with Gasteiger partial charge in [-0.25, -0.2) is 4.98 Å². The van der Waals surface area contributed by atoms with Crippen molar-refractivity contribution in [2.24, 2.45) is 0 Å². The van der Waals surface area contributed by atoms with E-state index in [0.717, 1.165) is 0 Å². The average molecular weight is 307 g/mol. The molecule has 0 fully saturated rings. The van der Waals surface area contributed by atoms with E-state index in [2.05, 4.69) is 4.98 Å². The molecule has 0 aliphatic rings. The lowest BCUT2D eigenvalue weighted by Gasteiger charge is -2.18. The highest BCUT2D eigenvalue weighted by Gasteiger charge is 2.18. The van der Waals surface area contributed by atoms with E-state index in [4.69, 9.17) is 17.3 Å².